The van der Waals surface area contributed by atoms with Gasteiger partial charge in [-0.25, -0.2) is 4.79 Å². The summed E-state index contributed by atoms with van der Waals surface area (Å²) in [5.41, 5.74) is 0.683. The van der Waals surface area contributed by atoms with Crippen LogP contribution in [0.2, 0.25) is 0 Å². The van der Waals surface area contributed by atoms with Crippen LogP contribution in [-0.4, -0.2) is 28.0 Å². The Morgan fingerprint density at radius 2 is 1.81 bits per heavy atom. The van der Waals surface area contributed by atoms with Gasteiger partial charge >= 0.3 is 5.69 Å². The van der Waals surface area contributed by atoms with Crippen molar-refractivity contribution >= 4 is 5.95 Å². The van der Waals surface area contributed by atoms with Crippen molar-refractivity contribution in [2.45, 2.75) is 27.1 Å². The van der Waals surface area contributed by atoms with Crippen molar-refractivity contribution in [2.24, 2.45) is 0 Å². The fraction of sp³-hybridized carbons (Fsp3) is 0.400. The highest BCUT2D eigenvalue weighted by Gasteiger charge is 2.08. The smallest absolute Gasteiger partial charge is 0.349 e. The predicted octanol–water partition coefficient (Wildman–Crippen LogP) is 1.73. The number of benzene rings is 1. The molecule has 1 aromatic carbocycles. The summed E-state index contributed by atoms with van der Waals surface area (Å²) >= 11 is 0. The van der Waals surface area contributed by atoms with Gasteiger partial charge in [-0.1, -0.05) is 30.3 Å². The molecule has 1 heterocycles. The van der Waals surface area contributed by atoms with Gasteiger partial charge in [-0.05, 0) is 19.4 Å². The Morgan fingerprint density at radius 1 is 1.10 bits per heavy atom. The van der Waals surface area contributed by atoms with Crippen LogP contribution in [0.1, 0.15) is 25.2 Å². The second-order valence-electron chi connectivity index (χ2n) is 4.55. The van der Waals surface area contributed by atoms with Crippen molar-refractivity contribution < 1.29 is 4.74 Å². The lowest BCUT2D eigenvalue weighted by atomic mass is 10.2. The molecule has 21 heavy (non-hydrogen) atoms. The van der Waals surface area contributed by atoms with E-state index in [-0.39, 0.29) is 6.61 Å². The van der Waals surface area contributed by atoms with Crippen LogP contribution in [0.15, 0.2) is 35.1 Å². The maximum Gasteiger partial charge on any atom is 0.349 e. The maximum atomic E-state index is 11.6. The number of nitrogens with one attached hydrogen (secondary N) is 1. The molecular formula is C15H20N4O2. The molecule has 0 aliphatic heterocycles. The minimum Gasteiger partial charge on any atom is -0.369 e. The van der Waals surface area contributed by atoms with Crippen LogP contribution >= 0.6 is 0 Å². The summed E-state index contributed by atoms with van der Waals surface area (Å²) in [5, 5.41) is 0. The Labute approximate surface area is 123 Å². The third-order valence-electron chi connectivity index (χ3n) is 3.08. The van der Waals surface area contributed by atoms with Crippen LogP contribution in [0, 0.1) is 0 Å². The van der Waals surface area contributed by atoms with Crippen molar-refractivity contribution in [1.29, 1.82) is 0 Å². The van der Waals surface area contributed by atoms with Gasteiger partial charge in [-0.2, -0.15) is 9.97 Å². The highest BCUT2D eigenvalue weighted by atomic mass is 16.5. The Hall–Kier alpha value is -2.21. The topological polar surface area (TPSA) is 71.1 Å². The third kappa shape index (κ3) is 4.39. The average molecular weight is 288 g/mol. The lowest BCUT2D eigenvalue weighted by Gasteiger charge is -2.18. The van der Waals surface area contributed by atoms with Gasteiger partial charge in [-0.15, -0.1) is 0 Å². The zero-order valence-corrected chi connectivity index (χ0v) is 12.4. The van der Waals surface area contributed by atoms with E-state index >= 15 is 0 Å². The molecule has 0 fully saturated rings. The van der Waals surface area contributed by atoms with E-state index in [0.717, 1.165) is 18.7 Å². The van der Waals surface area contributed by atoms with Crippen LogP contribution in [0.5, 0.6) is 0 Å². The Bertz CT molecular complexity index is 609. The fourth-order valence-electron chi connectivity index (χ4n) is 1.97. The number of hydrogen-bond acceptors (Lipinski definition) is 5. The molecule has 0 aliphatic rings. The molecule has 0 amide bonds. The first-order chi connectivity index (χ1) is 10.2. The number of aromatic nitrogens is 3. The second-order valence-corrected chi connectivity index (χ2v) is 4.55. The number of aromatic amines is 1. The molecule has 6 heteroatoms. The minimum atomic E-state index is -0.398. The monoisotopic (exact) mass is 288 g/mol. The Morgan fingerprint density at radius 3 is 2.48 bits per heavy atom. The molecule has 0 saturated heterocycles. The summed E-state index contributed by atoms with van der Waals surface area (Å²) in [7, 11) is 0. The van der Waals surface area contributed by atoms with E-state index in [4.69, 9.17) is 4.74 Å². The van der Waals surface area contributed by atoms with Crippen LogP contribution in [0.3, 0.4) is 0 Å². The highest BCUT2D eigenvalue weighted by Crippen LogP contribution is 2.06. The summed E-state index contributed by atoms with van der Waals surface area (Å²) in [6, 6.07) is 9.86. The molecule has 0 unspecified atom stereocenters. The molecule has 0 atom stereocenters. The second kappa shape index (κ2) is 7.54. The number of hydrogen-bond donors (Lipinski definition) is 1. The van der Waals surface area contributed by atoms with E-state index in [1.165, 1.54) is 0 Å². The van der Waals surface area contributed by atoms with Crippen molar-refractivity contribution in [3.63, 3.8) is 0 Å². The van der Waals surface area contributed by atoms with Gasteiger partial charge in [0.2, 0.25) is 5.95 Å². The standard InChI is InChI=1S/C15H20N4O2/c1-3-19(4-2)14-16-13(17-15(20)18-14)11-21-10-12-8-6-5-7-9-12/h5-9H,3-4,10-11H2,1-2H3,(H,16,17,18,20). The summed E-state index contributed by atoms with van der Waals surface area (Å²) < 4.78 is 5.58. The molecular weight excluding hydrogens is 268 g/mol. The molecule has 2 aromatic rings. The number of anilines is 1. The molecule has 6 nitrogen and oxygen atoms in total. The molecule has 2 rings (SSSR count). The maximum absolute atomic E-state index is 11.6. The van der Waals surface area contributed by atoms with Crippen LogP contribution in [0.25, 0.3) is 0 Å². The SMILES string of the molecule is CCN(CC)c1nc(COCc2ccccc2)[nH]c(=O)n1. The molecule has 0 saturated carbocycles. The third-order valence-corrected chi connectivity index (χ3v) is 3.08. The molecule has 0 radical (unpaired) electrons. The fourth-order valence-corrected chi connectivity index (χ4v) is 1.97. The van der Waals surface area contributed by atoms with Gasteiger partial charge in [-0.3, -0.25) is 4.98 Å². The molecule has 0 aliphatic carbocycles. The first-order valence-electron chi connectivity index (χ1n) is 7.06. The number of rotatable bonds is 7. The number of ether oxygens (including phenoxy) is 1. The average Bonchev–Trinajstić information content (AvgIpc) is 2.49. The van der Waals surface area contributed by atoms with Crippen molar-refractivity contribution in [3.8, 4) is 0 Å². The van der Waals surface area contributed by atoms with Gasteiger partial charge in [0, 0.05) is 13.1 Å². The highest BCUT2D eigenvalue weighted by molar-refractivity contribution is 5.27. The van der Waals surface area contributed by atoms with Gasteiger partial charge in [0.1, 0.15) is 12.4 Å². The number of nitrogens with zero attached hydrogens (tertiary/aromatic N) is 3. The van der Waals surface area contributed by atoms with E-state index in [2.05, 4.69) is 15.0 Å². The summed E-state index contributed by atoms with van der Waals surface area (Å²) in [4.78, 5) is 24.4. The van der Waals surface area contributed by atoms with Gasteiger partial charge in [0.25, 0.3) is 0 Å². The molecule has 1 aromatic heterocycles. The minimum absolute atomic E-state index is 0.251. The first kappa shape index (κ1) is 15.2. The van der Waals surface area contributed by atoms with Crippen LogP contribution < -0.4 is 10.6 Å². The Kier molecular flexibility index (Phi) is 5.45. The summed E-state index contributed by atoms with van der Waals surface area (Å²) in [6.45, 7) is 6.24. The van der Waals surface area contributed by atoms with Crippen LogP contribution in [0.4, 0.5) is 5.95 Å². The summed E-state index contributed by atoms with van der Waals surface area (Å²) in [6.07, 6.45) is 0. The zero-order valence-electron chi connectivity index (χ0n) is 12.4. The predicted molar refractivity (Wildman–Crippen MR) is 81.1 cm³/mol. The van der Waals surface area contributed by atoms with Crippen molar-refractivity contribution in [3.05, 3.63) is 52.2 Å². The van der Waals surface area contributed by atoms with E-state index < -0.39 is 5.69 Å². The van der Waals surface area contributed by atoms with Gasteiger partial charge in [0.05, 0.1) is 6.61 Å². The lowest BCUT2D eigenvalue weighted by Crippen LogP contribution is -2.28. The normalized spacial score (nSPS) is 10.6. The number of H-pyrrole nitrogens is 1. The van der Waals surface area contributed by atoms with Crippen LogP contribution in [-0.2, 0) is 18.0 Å². The molecule has 0 spiro atoms. The summed E-state index contributed by atoms with van der Waals surface area (Å²) in [5.74, 6) is 0.940. The molecule has 112 valence electrons. The molecule has 1 N–H and O–H groups in total. The largest absolute Gasteiger partial charge is 0.369 e. The zero-order chi connectivity index (χ0) is 15.1. The van der Waals surface area contributed by atoms with E-state index in [1.807, 2.05) is 49.1 Å². The Balaban J connectivity index is 2.01. The quantitative estimate of drug-likeness (QED) is 0.840. The van der Waals surface area contributed by atoms with Gasteiger partial charge < -0.3 is 9.64 Å². The molecule has 0 bridgehead atoms. The van der Waals surface area contributed by atoms with E-state index in [1.54, 1.807) is 0 Å². The van der Waals surface area contributed by atoms with Gasteiger partial charge in [0.15, 0.2) is 0 Å². The lowest BCUT2D eigenvalue weighted by molar-refractivity contribution is 0.101. The van der Waals surface area contributed by atoms with Crippen molar-refractivity contribution in [2.75, 3.05) is 18.0 Å². The van der Waals surface area contributed by atoms with E-state index in [9.17, 15) is 4.79 Å². The first-order valence-corrected chi connectivity index (χ1v) is 7.06. The van der Waals surface area contributed by atoms with Crippen molar-refractivity contribution in [1.82, 2.24) is 15.0 Å². The van der Waals surface area contributed by atoms with E-state index in [0.29, 0.717) is 18.4 Å².